The van der Waals surface area contributed by atoms with Crippen LogP contribution < -0.4 is 32.0 Å². The third kappa shape index (κ3) is 9.50. The quantitative estimate of drug-likeness (QED) is 0.155. The van der Waals surface area contributed by atoms with Crippen LogP contribution in [0.1, 0.15) is 27.2 Å². The van der Waals surface area contributed by atoms with Gasteiger partial charge in [-0.2, -0.15) is 5.10 Å². The SMILES string of the molecule is CN(C)CCN(C)c1cc(N)cc(OC(F)(F)F)c1.Cc1ccc(C=O)cc1N(N)/C=C(\N)c1cnn(C)c1C. The average molecular weight is 563 g/mol. The number of hydrazine groups is 1. The van der Waals surface area contributed by atoms with Crippen LogP contribution in [0.3, 0.4) is 0 Å². The highest BCUT2D eigenvalue weighted by Crippen LogP contribution is 2.29. The maximum atomic E-state index is 12.2. The van der Waals surface area contributed by atoms with Gasteiger partial charge >= 0.3 is 6.36 Å². The second-order valence-corrected chi connectivity index (χ2v) is 9.46. The molecule has 13 heteroatoms. The minimum Gasteiger partial charge on any atom is -0.406 e. The molecule has 0 bridgehead atoms. The molecule has 0 saturated heterocycles. The van der Waals surface area contributed by atoms with Crippen molar-refractivity contribution in [2.24, 2.45) is 18.6 Å². The molecule has 2 aromatic carbocycles. The maximum absolute atomic E-state index is 12.2. The number of nitrogen functional groups attached to an aromatic ring is 1. The van der Waals surface area contributed by atoms with E-state index >= 15 is 0 Å². The summed E-state index contributed by atoms with van der Waals surface area (Å²) in [5.41, 5.74) is 17.0. The van der Waals surface area contributed by atoms with Gasteiger partial charge in [0.2, 0.25) is 0 Å². The van der Waals surface area contributed by atoms with Crippen LogP contribution in [0.2, 0.25) is 0 Å². The van der Waals surface area contributed by atoms with Crippen LogP contribution in [0, 0.1) is 13.8 Å². The Labute approximate surface area is 232 Å². The van der Waals surface area contributed by atoms with Gasteiger partial charge in [0, 0.05) is 73.7 Å². The summed E-state index contributed by atoms with van der Waals surface area (Å²) in [5.74, 6) is 5.74. The van der Waals surface area contributed by atoms with Crippen LogP contribution >= 0.6 is 0 Å². The van der Waals surface area contributed by atoms with E-state index in [1.165, 1.54) is 11.1 Å². The average Bonchev–Trinajstić information content (AvgIpc) is 3.19. The lowest BCUT2D eigenvalue weighted by atomic mass is 10.1. The number of rotatable bonds is 9. The number of anilines is 3. The number of halogens is 3. The third-order valence-corrected chi connectivity index (χ3v) is 5.94. The number of alkyl halides is 3. The monoisotopic (exact) mass is 562 g/mol. The van der Waals surface area contributed by atoms with Gasteiger partial charge in [0.25, 0.3) is 0 Å². The van der Waals surface area contributed by atoms with Crippen molar-refractivity contribution in [2.45, 2.75) is 20.2 Å². The van der Waals surface area contributed by atoms with Crippen LogP contribution in [-0.2, 0) is 7.05 Å². The number of carbonyl (C=O) groups is 1. The lowest BCUT2D eigenvalue weighted by molar-refractivity contribution is -0.274. The summed E-state index contributed by atoms with van der Waals surface area (Å²) in [6.07, 6.45) is -0.604. The number of carbonyl (C=O) groups excluding carboxylic acids is 1. The number of benzene rings is 2. The third-order valence-electron chi connectivity index (χ3n) is 5.94. The number of nitrogens with zero attached hydrogens (tertiary/aromatic N) is 5. The van der Waals surface area contributed by atoms with E-state index in [2.05, 4.69) is 9.84 Å². The van der Waals surface area contributed by atoms with Gasteiger partial charge in [-0.1, -0.05) is 12.1 Å². The van der Waals surface area contributed by atoms with E-state index in [-0.39, 0.29) is 11.4 Å². The number of likely N-dealkylation sites (N-methyl/N-ethyl adjacent to an activating group) is 2. The highest BCUT2D eigenvalue weighted by molar-refractivity contribution is 5.78. The number of aldehydes is 1. The summed E-state index contributed by atoms with van der Waals surface area (Å²) in [5, 5.41) is 5.57. The Hall–Kier alpha value is -4.23. The summed E-state index contributed by atoms with van der Waals surface area (Å²) in [6, 6.07) is 9.40. The molecule has 0 atom stereocenters. The molecule has 0 saturated carbocycles. The highest BCUT2D eigenvalue weighted by Gasteiger charge is 2.31. The molecule has 0 aliphatic rings. The molecule has 6 N–H and O–H groups in total. The molecular formula is C27H37F3N8O2. The van der Waals surface area contributed by atoms with Gasteiger partial charge in [0.05, 0.1) is 17.6 Å². The summed E-state index contributed by atoms with van der Waals surface area (Å²) in [6.45, 7) is 5.30. The number of aromatic nitrogens is 2. The van der Waals surface area contributed by atoms with Gasteiger partial charge in [-0.15, -0.1) is 13.2 Å². The van der Waals surface area contributed by atoms with E-state index in [1.54, 1.807) is 42.3 Å². The standard InChI is InChI=1S/C15H19N5O.C12H18F3N3O/c1-10-4-5-12(9-21)6-15(10)20(17)8-14(16)13-7-18-19(3)11(13)2;1-17(2)4-5-18(3)10-6-9(16)7-11(8-10)19-12(13,14)15/h4-9H,16-17H2,1-3H3;6-8H,4-5,16H2,1-3H3/b14-8-;. The van der Waals surface area contributed by atoms with Gasteiger partial charge in [-0.25, -0.2) is 5.84 Å². The molecule has 0 spiro atoms. The molecule has 0 aliphatic heterocycles. The summed E-state index contributed by atoms with van der Waals surface area (Å²) in [4.78, 5) is 14.7. The van der Waals surface area contributed by atoms with Crippen LogP contribution in [0.25, 0.3) is 5.70 Å². The first-order valence-corrected chi connectivity index (χ1v) is 12.2. The van der Waals surface area contributed by atoms with Crippen LogP contribution in [0.15, 0.2) is 48.8 Å². The van der Waals surface area contributed by atoms with E-state index in [4.69, 9.17) is 17.3 Å². The first-order chi connectivity index (χ1) is 18.6. The second-order valence-electron chi connectivity index (χ2n) is 9.46. The van der Waals surface area contributed by atoms with Crippen LogP contribution in [0.5, 0.6) is 5.75 Å². The van der Waals surface area contributed by atoms with Gasteiger partial charge in [-0.05, 0) is 45.6 Å². The molecule has 3 aromatic rings. The number of ether oxygens (including phenoxy) is 1. The summed E-state index contributed by atoms with van der Waals surface area (Å²) < 4.78 is 42.2. The fourth-order valence-electron chi connectivity index (χ4n) is 3.55. The van der Waals surface area contributed by atoms with Crippen molar-refractivity contribution >= 4 is 29.0 Å². The lowest BCUT2D eigenvalue weighted by Crippen LogP contribution is -2.28. The first kappa shape index (κ1) is 32.0. The molecule has 40 heavy (non-hydrogen) atoms. The van der Waals surface area contributed by atoms with Crippen molar-refractivity contribution in [2.75, 3.05) is 49.9 Å². The zero-order valence-electron chi connectivity index (χ0n) is 23.5. The van der Waals surface area contributed by atoms with E-state index in [1.807, 2.05) is 50.9 Å². The minimum atomic E-state index is -4.72. The van der Waals surface area contributed by atoms with Crippen molar-refractivity contribution in [3.05, 3.63) is 71.2 Å². The molecule has 3 rings (SSSR count). The van der Waals surface area contributed by atoms with Crippen molar-refractivity contribution in [3.63, 3.8) is 0 Å². The molecule has 0 aliphatic carbocycles. The molecular weight excluding hydrogens is 525 g/mol. The predicted molar refractivity (Wildman–Crippen MR) is 153 cm³/mol. The maximum Gasteiger partial charge on any atom is 0.573 e. The molecule has 0 amide bonds. The molecule has 0 unspecified atom stereocenters. The van der Waals surface area contributed by atoms with E-state index in [0.29, 0.717) is 23.5 Å². The zero-order chi connectivity index (χ0) is 30.2. The largest absolute Gasteiger partial charge is 0.573 e. The van der Waals surface area contributed by atoms with Crippen molar-refractivity contribution in [1.82, 2.24) is 14.7 Å². The Morgan fingerprint density at radius 1 is 1.10 bits per heavy atom. The highest BCUT2D eigenvalue weighted by atomic mass is 19.4. The second kappa shape index (κ2) is 13.7. The number of hydrogen-bond donors (Lipinski definition) is 3. The smallest absolute Gasteiger partial charge is 0.406 e. The first-order valence-electron chi connectivity index (χ1n) is 12.2. The molecule has 0 fully saturated rings. The Balaban J connectivity index is 0.000000282. The summed E-state index contributed by atoms with van der Waals surface area (Å²) in [7, 11) is 7.48. The molecule has 218 valence electrons. The number of hydrogen-bond acceptors (Lipinski definition) is 9. The molecule has 10 nitrogen and oxygen atoms in total. The van der Waals surface area contributed by atoms with Crippen molar-refractivity contribution in [3.8, 4) is 5.75 Å². The topological polar surface area (TPSA) is 132 Å². The van der Waals surface area contributed by atoms with E-state index in [0.717, 1.165) is 41.4 Å². The zero-order valence-corrected chi connectivity index (χ0v) is 23.5. The van der Waals surface area contributed by atoms with E-state index in [9.17, 15) is 18.0 Å². The fourth-order valence-corrected chi connectivity index (χ4v) is 3.55. The van der Waals surface area contributed by atoms with Crippen LogP contribution in [-0.4, -0.2) is 61.6 Å². The van der Waals surface area contributed by atoms with Crippen molar-refractivity contribution in [1.29, 1.82) is 0 Å². The Bertz CT molecular complexity index is 1320. The van der Waals surface area contributed by atoms with Gasteiger partial charge < -0.3 is 26.0 Å². The number of aryl methyl sites for hydroxylation is 2. The van der Waals surface area contributed by atoms with Gasteiger partial charge in [0.15, 0.2) is 0 Å². The van der Waals surface area contributed by atoms with Crippen molar-refractivity contribution < 1.29 is 22.7 Å². The molecule has 1 heterocycles. The van der Waals surface area contributed by atoms with Gasteiger partial charge in [0.1, 0.15) is 12.0 Å². The fraction of sp³-hybridized carbons (Fsp3) is 0.333. The molecule has 0 radical (unpaired) electrons. The van der Waals surface area contributed by atoms with E-state index < -0.39 is 6.36 Å². The number of nitrogens with two attached hydrogens (primary N) is 3. The summed E-state index contributed by atoms with van der Waals surface area (Å²) >= 11 is 0. The Morgan fingerprint density at radius 2 is 1.77 bits per heavy atom. The molecule has 1 aromatic heterocycles. The lowest BCUT2D eigenvalue weighted by Gasteiger charge is -2.22. The Morgan fingerprint density at radius 3 is 2.33 bits per heavy atom. The van der Waals surface area contributed by atoms with Crippen LogP contribution in [0.4, 0.5) is 30.2 Å². The predicted octanol–water partition coefficient (Wildman–Crippen LogP) is 3.65. The van der Waals surface area contributed by atoms with Gasteiger partial charge in [-0.3, -0.25) is 14.5 Å². The Kier molecular flexibility index (Phi) is 11.0. The minimum absolute atomic E-state index is 0.230. The normalized spacial score (nSPS) is 11.6.